The standard InChI is InChI=1S/C23H22ClFN2O4/c24-18-10-14(25)9-17-16-11-15(6-7-19(16)27(23(17)18)12-22(30)31)26-21(29)8-5-13-3-1-2-4-20(13)28/h1-4,9-10,15,28H,5-8,11-12H2,(H,26,29)(H,30,31)/t15-/m0/s1. The summed E-state index contributed by atoms with van der Waals surface area (Å²) < 4.78 is 15.7. The van der Waals surface area contributed by atoms with Crippen molar-refractivity contribution in [2.45, 2.75) is 44.7 Å². The first kappa shape index (κ1) is 21.2. The van der Waals surface area contributed by atoms with Crippen LogP contribution < -0.4 is 5.32 Å². The number of carbonyl (C=O) groups excluding carboxylic acids is 1. The molecule has 0 unspecified atom stereocenters. The average Bonchev–Trinajstić information content (AvgIpc) is 3.00. The second-order valence-corrected chi connectivity index (χ2v) is 8.23. The molecule has 0 aliphatic heterocycles. The molecule has 1 atom stereocenters. The van der Waals surface area contributed by atoms with E-state index in [1.807, 2.05) is 6.07 Å². The number of rotatable bonds is 6. The maximum atomic E-state index is 14.0. The zero-order valence-corrected chi connectivity index (χ0v) is 17.5. The minimum atomic E-state index is -1.00. The highest BCUT2D eigenvalue weighted by molar-refractivity contribution is 6.35. The Balaban J connectivity index is 1.53. The molecule has 6 nitrogen and oxygen atoms in total. The molecule has 1 heterocycles. The number of fused-ring (bicyclic) bond motifs is 3. The summed E-state index contributed by atoms with van der Waals surface area (Å²) in [6.07, 6.45) is 2.34. The molecule has 0 spiro atoms. The highest BCUT2D eigenvalue weighted by Crippen LogP contribution is 2.36. The van der Waals surface area contributed by atoms with Crippen LogP contribution in [-0.4, -0.2) is 32.7 Å². The largest absolute Gasteiger partial charge is 0.508 e. The lowest BCUT2D eigenvalue weighted by Gasteiger charge is -2.25. The van der Waals surface area contributed by atoms with Gasteiger partial charge in [-0.3, -0.25) is 9.59 Å². The molecule has 1 amide bonds. The molecular formula is C23H22ClFN2O4. The number of aromatic hydroxyl groups is 1. The van der Waals surface area contributed by atoms with Crippen LogP contribution in [0.15, 0.2) is 36.4 Å². The van der Waals surface area contributed by atoms with Crippen LogP contribution in [0.3, 0.4) is 0 Å². The molecule has 0 saturated carbocycles. The Kier molecular flexibility index (Phi) is 5.87. The predicted octanol–water partition coefficient (Wildman–Crippen LogP) is 3.83. The fourth-order valence-electron chi connectivity index (χ4n) is 4.40. The number of aliphatic carboxylic acids is 1. The number of aryl methyl sites for hydroxylation is 1. The number of hydrogen-bond donors (Lipinski definition) is 3. The smallest absolute Gasteiger partial charge is 0.323 e. The summed E-state index contributed by atoms with van der Waals surface area (Å²) in [7, 11) is 0. The van der Waals surface area contributed by atoms with Crippen molar-refractivity contribution in [1.82, 2.24) is 9.88 Å². The fourth-order valence-corrected chi connectivity index (χ4v) is 4.71. The van der Waals surface area contributed by atoms with Gasteiger partial charge in [0.2, 0.25) is 5.91 Å². The third kappa shape index (κ3) is 4.37. The zero-order chi connectivity index (χ0) is 22.1. The molecule has 1 aliphatic rings. The van der Waals surface area contributed by atoms with E-state index in [2.05, 4.69) is 5.32 Å². The zero-order valence-electron chi connectivity index (χ0n) is 16.7. The molecule has 1 aromatic heterocycles. The van der Waals surface area contributed by atoms with Crippen LogP contribution in [0, 0.1) is 5.82 Å². The number of benzene rings is 2. The molecule has 1 aliphatic carbocycles. The molecule has 3 N–H and O–H groups in total. The van der Waals surface area contributed by atoms with E-state index in [1.54, 1.807) is 22.8 Å². The molecule has 162 valence electrons. The summed E-state index contributed by atoms with van der Waals surface area (Å²) in [4.78, 5) is 23.9. The number of carboxylic acid groups (broad SMARTS) is 1. The number of phenols is 1. The molecule has 2 aromatic carbocycles. The number of amides is 1. The van der Waals surface area contributed by atoms with Crippen LogP contribution in [0.25, 0.3) is 10.9 Å². The second kappa shape index (κ2) is 8.59. The van der Waals surface area contributed by atoms with E-state index in [1.165, 1.54) is 12.1 Å². The minimum absolute atomic E-state index is 0.129. The van der Waals surface area contributed by atoms with Crippen molar-refractivity contribution in [3.8, 4) is 5.75 Å². The van der Waals surface area contributed by atoms with Gasteiger partial charge in [0.15, 0.2) is 0 Å². The van der Waals surface area contributed by atoms with E-state index in [4.69, 9.17) is 11.6 Å². The van der Waals surface area contributed by atoms with Crippen molar-refractivity contribution >= 4 is 34.4 Å². The molecule has 0 saturated heterocycles. The third-order valence-corrected chi connectivity index (χ3v) is 6.04. The first-order chi connectivity index (χ1) is 14.8. The van der Waals surface area contributed by atoms with Crippen molar-refractivity contribution in [2.75, 3.05) is 0 Å². The van der Waals surface area contributed by atoms with Gasteiger partial charge in [0.25, 0.3) is 0 Å². The number of para-hydroxylation sites is 1. The van der Waals surface area contributed by atoms with Crippen molar-refractivity contribution in [3.05, 3.63) is 64.1 Å². The first-order valence-corrected chi connectivity index (χ1v) is 10.5. The van der Waals surface area contributed by atoms with Gasteiger partial charge in [0, 0.05) is 23.5 Å². The van der Waals surface area contributed by atoms with Gasteiger partial charge < -0.3 is 20.1 Å². The summed E-state index contributed by atoms with van der Waals surface area (Å²) in [6, 6.07) is 9.33. The van der Waals surface area contributed by atoms with Crippen LogP contribution in [0.1, 0.15) is 29.7 Å². The Morgan fingerprint density at radius 1 is 1.26 bits per heavy atom. The van der Waals surface area contributed by atoms with Gasteiger partial charge in [-0.05, 0) is 55.0 Å². The summed E-state index contributed by atoms with van der Waals surface area (Å²) in [6.45, 7) is -0.255. The van der Waals surface area contributed by atoms with E-state index in [0.717, 1.165) is 11.3 Å². The molecule has 0 bridgehead atoms. The van der Waals surface area contributed by atoms with Gasteiger partial charge in [-0.15, -0.1) is 0 Å². The van der Waals surface area contributed by atoms with Gasteiger partial charge in [-0.2, -0.15) is 0 Å². The fraction of sp³-hybridized carbons (Fsp3) is 0.304. The lowest BCUT2D eigenvalue weighted by molar-refractivity contribution is -0.137. The summed E-state index contributed by atoms with van der Waals surface area (Å²) in [5.74, 6) is -1.45. The Morgan fingerprint density at radius 3 is 2.77 bits per heavy atom. The first-order valence-electron chi connectivity index (χ1n) is 10.1. The Bertz CT molecular complexity index is 1170. The van der Waals surface area contributed by atoms with E-state index >= 15 is 0 Å². The summed E-state index contributed by atoms with van der Waals surface area (Å²) >= 11 is 6.26. The van der Waals surface area contributed by atoms with Crippen LogP contribution in [-0.2, 0) is 35.4 Å². The lowest BCUT2D eigenvalue weighted by Crippen LogP contribution is -2.39. The van der Waals surface area contributed by atoms with Gasteiger partial charge in [0.05, 0.1) is 10.5 Å². The van der Waals surface area contributed by atoms with Crippen LogP contribution in [0.4, 0.5) is 4.39 Å². The van der Waals surface area contributed by atoms with E-state index in [-0.39, 0.29) is 35.7 Å². The normalized spacial score (nSPS) is 15.6. The Hall–Kier alpha value is -3.06. The maximum Gasteiger partial charge on any atom is 0.323 e. The molecule has 3 aromatic rings. The van der Waals surface area contributed by atoms with Crippen LogP contribution in [0.2, 0.25) is 5.02 Å². The summed E-state index contributed by atoms with van der Waals surface area (Å²) in [5, 5.41) is 23.0. The van der Waals surface area contributed by atoms with Gasteiger partial charge in [0.1, 0.15) is 18.1 Å². The molecule has 8 heteroatoms. The van der Waals surface area contributed by atoms with Crippen molar-refractivity contribution in [1.29, 1.82) is 0 Å². The predicted molar refractivity (Wildman–Crippen MR) is 115 cm³/mol. The van der Waals surface area contributed by atoms with Crippen molar-refractivity contribution in [3.63, 3.8) is 0 Å². The lowest BCUT2D eigenvalue weighted by atomic mass is 9.91. The second-order valence-electron chi connectivity index (χ2n) is 7.82. The van der Waals surface area contributed by atoms with Gasteiger partial charge >= 0.3 is 5.97 Å². The van der Waals surface area contributed by atoms with E-state index in [9.17, 15) is 24.2 Å². The van der Waals surface area contributed by atoms with E-state index < -0.39 is 11.8 Å². The van der Waals surface area contributed by atoms with Gasteiger partial charge in [-0.25, -0.2) is 4.39 Å². The van der Waals surface area contributed by atoms with Crippen LogP contribution >= 0.6 is 11.6 Å². The molecule has 4 rings (SSSR count). The number of carboxylic acids is 1. The monoisotopic (exact) mass is 444 g/mol. The van der Waals surface area contributed by atoms with Gasteiger partial charge in [-0.1, -0.05) is 29.8 Å². The quantitative estimate of drug-likeness (QED) is 0.539. The number of halogens is 2. The van der Waals surface area contributed by atoms with Crippen LogP contribution in [0.5, 0.6) is 5.75 Å². The Morgan fingerprint density at radius 2 is 2.03 bits per heavy atom. The highest BCUT2D eigenvalue weighted by atomic mass is 35.5. The molecule has 31 heavy (non-hydrogen) atoms. The maximum absolute atomic E-state index is 14.0. The van der Waals surface area contributed by atoms with Crippen molar-refractivity contribution in [2.24, 2.45) is 0 Å². The average molecular weight is 445 g/mol. The number of nitrogens with one attached hydrogen (secondary N) is 1. The number of nitrogens with zero attached hydrogens (tertiary/aromatic N) is 1. The highest BCUT2D eigenvalue weighted by Gasteiger charge is 2.28. The molecule has 0 radical (unpaired) electrons. The number of carbonyl (C=O) groups is 2. The molecule has 0 fully saturated rings. The number of aromatic nitrogens is 1. The van der Waals surface area contributed by atoms with Crippen molar-refractivity contribution < 1.29 is 24.2 Å². The number of hydrogen-bond acceptors (Lipinski definition) is 3. The SMILES string of the molecule is O=C(O)Cn1c2c(c3cc(F)cc(Cl)c31)C[C@@H](NC(=O)CCc1ccccc1O)CC2. The molecular weight excluding hydrogens is 423 g/mol. The third-order valence-electron chi connectivity index (χ3n) is 5.75. The topological polar surface area (TPSA) is 91.6 Å². The Labute approximate surface area is 183 Å². The minimum Gasteiger partial charge on any atom is -0.508 e. The summed E-state index contributed by atoms with van der Waals surface area (Å²) in [5.41, 5.74) is 2.88. The number of phenolic OH excluding ortho intramolecular Hbond substituents is 1. The van der Waals surface area contributed by atoms with E-state index in [0.29, 0.717) is 42.1 Å².